The Bertz CT molecular complexity index is 907. The van der Waals surface area contributed by atoms with Crippen LogP contribution in [0.4, 0.5) is 5.82 Å². The molecule has 0 saturated carbocycles. The number of nitrogens with one attached hydrogen (secondary N) is 1. The SMILES string of the molecule is COc1cccc(C(=O)Nc2cc(-n3ccnc3C)ncn2)c1OC. The van der Waals surface area contributed by atoms with Gasteiger partial charge in [0.05, 0.1) is 19.8 Å². The van der Waals surface area contributed by atoms with E-state index in [-0.39, 0.29) is 5.91 Å². The van der Waals surface area contributed by atoms with Gasteiger partial charge in [0.2, 0.25) is 0 Å². The number of benzene rings is 1. The van der Waals surface area contributed by atoms with Crippen LogP contribution >= 0.6 is 0 Å². The first-order valence-electron chi connectivity index (χ1n) is 7.48. The van der Waals surface area contributed by atoms with Gasteiger partial charge in [-0.1, -0.05) is 6.07 Å². The molecule has 0 unspecified atom stereocenters. The lowest BCUT2D eigenvalue weighted by molar-refractivity contribution is 0.102. The van der Waals surface area contributed by atoms with Crippen LogP contribution in [-0.4, -0.2) is 39.6 Å². The number of aryl methyl sites for hydroxylation is 1. The summed E-state index contributed by atoms with van der Waals surface area (Å²) in [6.07, 6.45) is 4.85. The Morgan fingerprint density at radius 1 is 1.16 bits per heavy atom. The quantitative estimate of drug-likeness (QED) is 0.766. The van der Waals surface area contributed by atoms with E-state index in [1.54, 1.807) is 41.2 Å². The predicted molar refractivity (Wildman–Crippen MR) is 91.4 cm³/mol. The molecule has 0 aliphatic heterocycles. The summed E-state index contributed by atoms with van der Waals surface area (Å²) in [6.45, 7) is 1.86. The van der Waals surface area contributed by atoms with Gasteiger partial charge in [-0.05, 0) is 19.1 Å². The lowest BCUT2D eigenvalue weighted by Gasteiger charge is -2.12. The molecule has 0 saturated heterocycles. The Morgan fingerprint density at radius 3 is 2.68 bits per heavy atom. The minimum atomic E-state index is -0.359. The summed E-state index contributed by atoms with van der Waals surface area (Å²) in [4.78, 5) is 25.1. The van der Waals surface area contributed by atoms with E-state index >= 15 is 0 Å². The fraction of sp³-hybridized carbons (Fsp3) is 0.176. The van der Waals surface area contributed by atoms with Crippen molar-refractivity contribution in [3.05, 3.63) is 54.4 Å². The molecule has 1 amide bonds. The fourth-order valence-electron chi connectivity index (χ4n) is 2.42. The number of hydrogen-bond acceptors (Lipinski definition) is 6. The maximum Gasteiger partial charge on any atom is 0.260 e. The second kappa shape index (κ2) is 7.00. The van der Waals surface area contributed by atoms with Gasteiger partial charge >= 0.3 is 0 Å². The van der Waals surface area contributed by atoms with E-state index in [9.17, 15) is 4.79 Å². The molecule has 8 nitrogen and oxygen atoms in total. The Labute approximate surface area is 144 Å². The molecule has 3 aromatic rings. The zero-order chi connectivity index (χ0) is 17.8. The second-order valence-electron chi connectivity index (χ2n) is 5.10. The van der Waals surface area contributed by atoms with Crippen molar-refractivity contribution in [1.29, 1.82) is 0 Å². The summed E-state index contributed by atoms with van der Waals surface area (Å²) in [5, 5.41) is 2.75. The number of amides is 1. The highest BCUT2D eigenvalue weighted by atomic mass is 16.5. The van der Waals surface area contributed by atoms with Crippen molar-refractivity contribution in [2.75, 3.05) is 19.5 Å². The Balaban J connectivity index is 1.89. The van der Waals surface area contributed by atoms with Crippen molar-refractivity contribution >= 4 is 11.7 Å². The number of anilines is 1. The van der Waals surface area contributed by atoms with Crippen molar-refractivity contribution in [2.45, 2.75) is 6.92 Å². The number of aromatic nitrogens is 4. The molecule has 1 N–H and O–H groups in total. The van der Waals surface area contributed by atoms with Crippen LogP contribution in [0, 0.1) is 6.92 Å². The first-order valence-corrected chi connectivity index (χ1v) is 7.48. The Hall–Kier alpha value is -3.42. The number of para-hydroxylation sites is 1. The minimum Gasteiger partial charge on any atom is -0.493 e. The molecule has 0 fully saturated rings. The lowest BCUT2D eigenvalue weighted by Crippen LogP contribution is -2.15. The van der Waals surface area contributed by atoms with Crippen LogP contribution in [0.5, 0.6) is 11.5 Å². The number of carbonyl (C=O) groups excluding carboxylic acids is 1. The minimum absolute atomic E-state index is 0.348. The van der Waals surface area contributed by atoms with Gasteiger partial charge in [-0.2, -0.15) is 0 Å². The van der Waals surface area contributed by atoms with E-state index in [1.807, 2.05) is 6.92 Å². The van der Waals surface area contributed by atoms with Crippen molar-refractivity contribution in [2.24, 2.45) is 0 Å². The molecule has 0 aliphatic rings. The summed E-state index contributed by atoms with van der Waals surface area (Å²) in [5.41, 5.74) is 0.348. The molecule has 2 aromatic heterocycles. The molecule has 0 bridgehead atoms. The van der Waals surface area contributed by atoms with Gasteiger partial charge in [-0.15, -0.1) is 0 Å². The molecule has 0 spiro atoms. The largest absolute Gasteiger partial charge is 0.493 e. The monoisotopic (exact) mass is 339 g/mol. The number of rotatable bonds is 5. The highest BCUT2D eigenvalue weighted by Crippen LogP contribution is 2.31. The number of nitrogens with zero attached hydrogens (tertiary/aromatic N) is 4. The smallest absolute Gasteiger partial charge is 0.260 e. The maximum atomic E-state index is 12.6. The van der Waals surface area contributed by atoms with Crippen LogP contribution in [0.25, 0.3) is 5.82 Å². The first kappa shape index (κ1) is 16.4. The average molecular weight is 339 g/mol. The zero-order valence-corrected chi connectivity index (χ0v) is 14.1. The molecule has 0 atom stereocenters. The molecule has 25 heavy (non-hydrogen) atoms. The molecule has 0 aliphatic carbocycles. The molecule has 0 radical (unpaired) electrons. The number of hydrogen-bond donors (Lipinski definition) is 1. The average Bonchev–Trinajstić information content (AvgIpc) is 3.07. The number of carbonyl (C=O) groups is 1. The second-order valence-corrected chi connectivity index (χ2v) is 5.10. The molecule has 2 heterocycles. The third-order valence-corrected chi connectivity index (χ3v) is 3.61. The van der Waals surface area contributed by atoms with Gasteiger partial charge in [-0.3, -0.25) is 9.36 Å². The van der Waals surface area contributed by atoms with E-state index in [2.05, 4.69) is 20.3 Å². The van der Waals surface area contributed by atoms with Crippen LogP contribution in [0.15, 0.2) is 43.0 Å². The van der Waals surface area contributed by atoms with Gasteiger partial charge in [0.1, 0.15) is 23.8 Å². The van der Waals surface area contributed by atoms with Gasteiger partial charge in [0.25, 0.3) is 5.91 Å². The number of ether oxygens (including phenoxy) is 2. The number of methoxy groups -OCH3 is 2. The maximum absolute atomic E-state index is 12.6. The van der Waals surface area contributed by atoms with E-state index < -0.39 is 0 Å². The van der Waals surface area contributed by atoms with Crippen LogP contribution < -0.4 is 14.8 Å². The first-order chi connectivity index (χ1) is 12.1. The highest BCUT2D eigenvalue weighted by molar-refractivity contribution is 6.06. The topological polar surface area (TPSA) is 91.2 Å². The molecule has 1 aromatic carbocycles. The third kappa shape index (κ3) is 3.27. The molecular formula is C17H17N5O3. The van der Waals surface area contributed by atoms with Crippen molar-refractivity contribution in [3.63, 3.8) is 0 Å². The summed E-state index contributed by atoms with van der Waals surface area (Å²) < 4.78 is 12.3. The van der Waals surface area contributed by atoms with E-state index in [0.717, 1.165) is 5.82 Å². The summed E-state index contributed by atoms with van der Waals surface area (Å²) in [6, 6.07) is 6.76. The Morgan fingerprint density at radius 2 is 2.00 bits per heavy atom. The summed E-state index contributed by atoms with van der Waals surface area (Å²) >= 11 is 0. The van der Waals surface area contributed by atoms with Crippen molar-refractivity contribution < 1.29 is 14.3 Å². The van der Waals surface area contributed by atoms with E-state index in [0.29, 0.717) is 28.7 Å². The number of imidazole rings is 1. The normalized spacial score (nSPS) is 10.4. The van der Waals surface area contributed by atoms with Crippen LogP contribution in [0.1, 0.15) is 16.2 Å². The van der Waals surface area contributed by atoms with Gasteiger partial charge in [-0.25, -0.2) is 15.0 Å². The van der Waals surface area contributed by atoms with E-state index in [1.165, 1.54) is 20.5 Å². The fourth-order valence-corrected chi connectivity index (χ4v) is 2.42. The predicted octanol–water partition coefficient (Wildman–Crippen LogP) is 2.24. The van der Waals surface area contributed by atoms with Gasteiger partial charge in [0.15, 0.2) is 11.5 Å². The molecule has 128 valence electrons. The lowest BCUT2D eigenvalue weighted by atomic mass is 10.1. The van der Waals surface area contributed by atoms with Crippen molar-refractivity contribution in [3.8, 4) is 17.3 Å². The van der Waals surface area contributed by atoms with E-state index in [4.69, 9.17) is 9.47 Å². The molecule has 8 heteroatoms. The molecular weight excluding hydrogens is 322 g/mol. The van der Waals surface area contributed by atoms with Crippen LogP contribution in [-0.2, 0) is 0 Å². The van der Waals surface area contributed by atoms with Crippen molar-refractivity contribution in [1.82, 2.24) is 19.5 Å². The third-order valence-electron chi connectivity index (χ3n) is 3.61. The van der Waals surface area contributed by atoms with Crippen LogP contribution in [0.3, 0.4) is 0 Å². The van der Waals surface area contributed by atoms with Crippen LogP contribution in [0.2, 0.25) is 0 Å². The molecule has 3 rings (SSSR count). The van der Waals surface area contributed by atoms with Gasteiger partial charge < -0.3 is 14.8 Å². The zero-order valence-electron chi connectivity index (χ0n) is 14.1. The highest BCUT2D eigenvalue weighted by Gasteiger charge is 2.17. The summed E-state index contributed by atoms with van der Waals surface area (Å²) in [5.74, 6) is 2.24. The summed E-state index contributed by atoms with van der Waals surface area (Å²) in [7, 11) is 3.00. The standard InChI is InChI=1S/C17H17N5O3/c1-11-18-7-8-22(11)15-9-14(19-10-20-15)21-17(23)12-5-4-6-13(24-2)16(12)25-3/h4-10H,1-3H3,(H,19,20,21,23). The van der Waals surface area contributed by atoms with Gasteiger partial charge in [0, 0.05) is 18.5 Å². The Kier molecular flexibility index (Phi) is 4.60.